The van der Waals surface area contributed by atoms with Crippen LogP contribution in [0.4, 0.5) is 0 Å². The van der Waals surface area contributed by atoms with Crippen LogP contribution in [0.1, 0.15) is 62.5 Å². The summed E-state index contributed by atoms with van der Waals surface area (Å²) in [7, 11) is 1.76. The molecule has 3 amide bonds. The molecule has 2 saturated carbocycles. The highest BCUT2D eigenvalue weighted by atomic mass is 16.2. The van der Waals surface area contributed by atoms with Crippen molar-refractivity contribution in [2.75, 3.05) is 13.1 Å². The van der Waals surface area contributed by atoms with Gasteiger partial charge in [0.2, 0.25) is 11.8 Å². The molecule has 8 heteroatoms. The fourth-order valence-corrected chi connectivity index (χ4v) is 5.33. The van der Waals surface area contributed by atoms with E-state index in [9.17, 15) is 14.4 Å². The van der Waals surface area contributed by atoms with Crippen molar-refractivity contribution in [1.82, 2.24) is 25.3 Å². The molecule has 0 saturated heterocycles. The number of carbonyl (C=O) groups is 3. The number of amides is 3. The monoisotopic (exact) mass is 401 g/mol. The summed E-state index contributed by atoms with van der Waals surface area (Å²) in [4.78, 5) is 39.9. The molecule has 3 aliphatic rings. The summed E-state index contributed by atoms with van der Waals surface area (Å²) in [5.74, 6) is -0.277. The van der Waals surface area contributed by atoms with Gasteiger partial charge in [0.1, 0.15) is 6.04 Å². The third-order valence-corrected chi connectivity index (χ3v) is 6.32. The summed E-state index contributed by atoms with van der Waals surface area (Å²) in [6.45, 7) is 7.38. The zero-order valence-corrected chi connectivity index (χ0v) is 17.7. The Morgan fingerprint density at radius 2 is 2.00 bits per heavy atom. The molecule has 0 aromatic carbocycles. The van der Waals surface area contributed by atoms with Crippen molar-refractivity contribution < 1.29 is 14.4 Å². The molecular weight excluding hydrogens is 370 g/mol. The maximum atomic E-state index is 13.1. The second kappa shape index (κ2) is 6.85. The molecular formula is C21H31N5O3. The smallest absolute Gasteiger partial charge is 0.255 e. The molecule has 0 radical (unpaired) electrons. The zero-order chi connectivity index (χ0) is 21.0. The van der Waals surface area contributed by atoms with Crippen molar-refractivity contribution in [3.05, 3.63) is 17.5 Å². The largest absolute Gasteiger partial charge is 0.353 e. The number of carbonyl (C=O) groups excluding carboxylic acids is 3. The highest BCUT2D eigenvalue weighted by Crippen LogP contribution is 2.55. The average Bonchev–Trinajstić information content (AvgIpc) is 3.37. The van der Waals surface area contributed by atoms with Crippen molar-refractivity contribution in [2.45, 2.75) is 65.0 Å². The number of fused-ring (bicyclic) bond motifs is 1. The standard InChI is InChI=1S/C21H31N5O3/c1-20(2)11-21(3,12-20)19(29)26(13-5-6-13)8-7-22-18(28)16-9-15-14(17(27)23-16)10-25(4)24-15/h10,13,16H,5-9,11-12H2,1-4H3,(H,22,28)(H,23,27). The molecule has 1 atom stereocenters. The lowest BCUT2D eigenvalue weighted by atomic mass is 9.55. The van der Waals surface area contributed by atoms with Gasteiger partial charge >= 0.3 is 0 Å². The number of hydrogen-bond donors (Lipinski definition) is 2. The van der Waals surface area contributed by atoms with Crippen molar-refractivity contribution in [1.29, 1.82) is 0 Å². The molecule has 1 aromatic rings. The maximum absolute atomic E-state index is 13.1. The minimum atomic E-state index is -0.625. The second-order valence-electron chi connectivity index (χ2n) is 9.99. The number of nitrogens with one attached hydrogen (secondary N) is 2. The summed E-state index contributed by atoms with van der Waals surface area (Å²) in [6.07, 6.45) is 5.96. The Labute approximate surface area is 171 Å². The molecule has 2 heterocycles. The predicted molar refractivity (Wildman–Crippen MR) is 107 cm³/mol. The third kappa shape index (κ3) is 3.89. The van der Waals surface area contributed by atoms with Gasteiger partial charge in [-0.2, -0.15) is 5.10 Å². The van der Waals surface area contributed by atoms with E-state index in [0.29, 0.717) is 36.8 Å². The van der Waals surface area contributed by atoms with Crippen LogP contribution in [-0.2, 0) is 23.1 Å². The molecule has 2 N–H and O–H groups in total. The minimum absolute atomic E-state index is 0.220. The first kappa shape index (κ1) is 19.9. The SMILES string of the molecule is Cn1cc2c(n1)CC(C(=O)NCCN(C(=O)C1(C)CC(C)(C)C1)C1CC1)NC2=O. The summed E-state index contributed by atoms with van der Waals surface area (Å²) < 4.78 is 1.59. The lowest BCUT2D eigenvalue weighted by molar-refractivity contribution is -0.154. The van der Waals surface area contributed by atoms with Gasteiger partial charge in [-0.1, -0.05) is 20.8 Å². The van der Waals surface area contributed by atoms with Gasteiger partial charge in [-0.15, -0.1) is 0 Å². The predicted octanol–water partition coefficient (Wildman–Crippen LogP) is 1.01. The van der Waals surface area contributed by atoms with Gasteiger partial charge in [0, 0.05) is 44.2 Å². The van der Waals surface area contributed by atoms with Crippen LogP contribution in [0.2, 0.25) is 0 Å². The average molecular weight is 402 g/mol. The van der Waals surface area contributed by atoms with Crippen molar-refractivity contribution in [2.24, 2.45) is 17.9 Å². The molecule has 4 rings (SSSR count). The molecule has 2 aliphatic carbocycles. The van der Waals surface area contributed by atoms with E-state index in [2.05, 4.69) is 36.5 Å². The van der Waals surface area contributed by atoms with Crippen molar-refractivity contribution in [3.63, 3.8) is 0 Å². The Bertz CT molecular complexity index is 846. The highest BCUT2D eigenvalue weighted by Gasteiger charge is 2.53. The summed E-state index contributed by atoms with van der Waals surface area (Å²) in [5.41, 5.74) is 1.13. The van der Waals surface area contributed by atoms with Gasteiger partial charge in [0.15, 0.2) is 0 Å². The van der Waals surface area contributed by atoms with Crippen LogP contribution in [0, 0.1) is 10.8 Å². The fraction of sp³-hybridized carbons (Fsp3) is 0.714. The van der Waals surface area contributed by atoms with E-state index in [0.717, 1.165) is 25.7 Å². The second-order valence-corrected chi connectivity index (χ2v) is 9.99. The van der Waals surface area contributed by atoms with Crippen LogP contribution in [0.3, 0.4) is 0 Å². The quantitative estimate of drug-likeness (QED) is 0.744. The van der Waals surface area contributed by atoms with E-state index >= 15 is 0 Å². The Kier molecular flexibility index (Phi) is 4.70. The lowest BCUT2D eigenvalue weighted by Gasteiger charge is -2.51. The summed E-state index contributed by atoms with van der Waals surface area (Å²) in [5, 5.41) is 9.92. The van der Waals surface area contributed by atoms with Crippen LogP contribution in [0.15, 0.2) is 6.20 Å². The Hall–Kier alpha value is -2.38. The van der Waals surface area contributed by atoms with Gasteiger partial charge < -0.3 is 15.5 Å². The van der Waals surface area contributed by atoms with E-state index in [1.165, 1.54) is 0 Å². The topological polar surface area (TPSA) is 96.3 Å². The molecule has 1 aromatic heterocycles. The minimum Gasteiger partial charge on any atom is -0.353 e. The first-order valence-corrected chi connectivity index (χ1v) is 10.5. The Balaban J connectivity index is 1.31. The molecule has 29 heavy (non-hydrogen) atoms. The van der Waals surface area contributed by atoms with E-state index in [1.54, 1.807) is 17.9 Å². The molecule has 0 spiro atoms. The molecule has 0 bridgehead atoms. The van der Waals surface area contributed by atoms with Gasteiger partial charge in [0.05, 0.1) is 11.3 Å². The van der Waals surface area contributed by atoms with E-state index in [-0.39, 0.29) is 28.6 Å². The lowest BCUT2D eigenvalue weighted by Crippen LogP contribution is -2.55. The highest BCUT2D eigenvalue weighted by molar-refractivity contribution is 6.00. The van der Waals surface area contributed by atoms with Gasteiger partial charge in [-0.3, -0.25) is 19.1 Å². The number of aryl methyl sites for hydroxylation is 1. The van der Waals surface area contributed by atoms with Crippen LogP contribution < -0.4 is 10.6 Å². The van der Waals surface area contributed by atoms with Crippen molar-refractivity contribution in [3.8, 4) is 0 Å². The fourth-order valence-electron chi connectivity index (χ4n) is 5.33. The van der Waals surface area contributed by atoms with E-state index in [1.807, 2.05) is 4.90 Å². The van der Waals surface area contributed by atoms with Crippen LogP contribution in [0.5, 0.6) is 0 Å². The zero-order valence-electron chi connectivity index (χ0n) is 17.7. The number of hydrogen-bond acceptors (Lipinski definition) is 4. The van der Waals surface area contributed by atoms with E-state index < -0.39 is 6.04 Å². The molecule has 8 nitrogen and oxygen atoms in total. The molecule has 158 valence electrons. The third-order valence-electron chi connectivity index (χ3n) is 6.32. The Morgan fingerprint density at radius 3 is 2.62 bits per heavy atom. The van der Waals surface area contributed by atoms with E-state index in [4.69, 9.17) is 0 Å². The maximum Gasteiger partial charge on any atom is 0.255 e. The van der Waals surface area contributed by atoms with Crippen LogP contribution >= 0.6 is 0 Å². The van der Waals surface area contributed by atoms with Gasteiger partial charge in [-0.25, -0.2) is 0 Å². The summed E-state index contributed by atoms with van der Waals surface area (Å²) in [6, 6.07) is -0.315. The number of aromatic nitrogens is 2. The first-order chi connectivity index (χ1) is 13.6. The van der Waals surface area contributed by atoms with Gasteiger partial charge in [0.25, 0.3) is 5.91 Å². The molecule has 1 aliphatic heterocycles. The normalized spacial score (nSPS) is 24.1. The number of nitrogens with zero attached hydrogens (tertiary/aromatic N) is 3. The first-order valence-electron chi connectivity index (χ1n) is 10.5. The van der Waals surface area contributed by atoms with Crippen LogP contribution in [-0.4, -0.2) is 57.6 Å². The molecule has 1 unspecified atom stereocenters. The molecule has 2 fully saturated rings. The number of rotatable bonds is 6. The van der Waals surface area contributed by atoms with Crippen molar-refractivity contribution >= 4 is 17.7 Å². The summed E-state index contributed by atoms with van der Waals surface area (Å²) >= 11 is 0. The van der Waals surface area contributed by atoms with Gasteiger partial charge in [-0.05, 0) is 31.1 Å². The Morgan fingerprint density at radius 1 is 1.31 bits per heavy atom. The van der Waals surface area contributed by atoms with Crippen LogP contribution in [0.25, 0.3) is 0 Å².